The minimum Gasteiger partial charge on any atom is -0.508 e. The van der Waals surface area contributed by atoms with Crippen LogP contribution in [0.1, 0.15) is 67.8 Å². The largest absolute Gasteiger partial charge is 0.508 e. The molecule has 0 spiro atoms. The van der Waals surface area contributed by atoms with E-state index in [1.165, 1.54) is 32.1 Å². The molecule has 0 amide bonds. The predicted octanol–water partition coefficient (Wildman–Crippen LogP) is 4.38. The fourth-order valence-electron chi connectivity index (χ4n) is 2.30. The number of hydrogen-bond acceptors (Lipinski definition) is 2. The second-order valence-corrected chi connectivity index (χ2v) is 4.98. The molecule has 3 nitrogen and oxygen atoms in total. The van der Waals surface area contributed by atoms with Crippen molar-refractivity contribution >= 4 is 5.97 Å². The van der Waals surface area contributed by atoms with Crippen LogP contribution in [0.5, 0.6) is 5.75 Å². The van der Waals surface area contributed by atoms with E-state index in [4.69, 9.17) is 5.11 Å². The van der Waals surface area contributed by atoms with Gasteiger partial charge in [0.15, 0.2) is 0 Å². The lowest BCUT2D eigenvalue weighted by Crippen LogP contribution is -2.02. The van der Waals surface area contributed by atoms with Crippen LogP contribution in [0.15, 0.2) is 18.2 Å². The monoisotopic (exact) mass is 264 g/mol. The number of carboxylic acids is 1. The van der Waals surface area contributed by atoms with Crippen molar-refractivity contribution in [1.82, 2.24) is 0 Å². The molecule has 1 aromatic rings. The maximum absolute atomic E-state index is 11.1. The third-order valence-electron chi connectivity index (χ3n) is 3.41. The van der Waals surface area contributed by atoms with Gasteiger partial charge in [0, 0.05) is 5.56 Å². The normalized spacial score (nSPS) is 10.6. The van der Waals surface area contributed by atoms with Crippen LogP contribution in [0.2, 0.25) is 0 Å². The number of carbonyl (C=O) groups is 1. The summed E-state index contributed by atoms with van der Waals surface area (Å²) in [5, 5.41) is 18.8. The molecule has 106 valence electrons. The van der Waals surface area contributed by atoms with Crippen molar-refractivity contribution in [1.29, 1.82) is 0 Å². The fourth-order valence-corrected chi connectivity index (χ4v) is 2.30. The van der Waals surface area contributed by atoms with Gasteiger partial charge in [-0.3, -0.25) is 0 Å². The lowest BCUT2D eigenvalue weighted by Gasteiger charge is -2.08. The van der Waals surface area contributed by atoms with Crippen LogP contribution in [0.3, 0.4) is 0 Å². The number of aromatic hydroxyl groups is 1. The van der Waals surface area contributed by atoms with Gasteiger partial charge in [-0.25, -0.2) is 4.79 Å². The van der Waals surface area contributed by atoms with Crippen LogP contribution in [0, 0.1) is 0 Å². The lowest BCUT2D eigenvalue weighted by molar-refractivity contribution is 0.0695. The van der Waals surface area contributed by atoms with Gasteiger partial charge in [0.05, 0.1) is 5.56 Å². The zero-order valence-electron chi connectivity index (χ0n) is 11.7. The smallest absolute Gasteiger partial charge is 0.336 e. The first kappa shape index (κ1) is 15.5. The molecule has 0 aliphatic rings. The Morgan fingerprint density at radius 3 is 2.32 bits per heavy atom. The molecule has 1 rings (SSSR count). The molecule has 0 saturated heterocycles. The van der Waals surface area contributed by atoms with Crippen molar-refractivity contribution < 1.29 is 15.0 Å². The number of carboxylic acid groups (broad SMARTS) is 1. The van der Waals surface area contributed by atoms with Gasteiger partial charge in [0.25, 0.3) is 0 Å². The van der Waals surface area contributed by atoms with Crippen molar-refractivity contribution in [3.63, 3.8) is 0 Å². The van der Waals surface area contributed by atoms with Crippen LogP contribution < -0.4 is 0 Å². The zero-order chi connectivity index (χ0) is 14.1. The molecule has 3 heteroatoms. The molecule has 0 aliphatic carbocycles. The molecule has 19 heavy (non-hydrogen) atoms. The fraction of sp³-hybridized carbons (Fsp3) is 0.562. The second-order valence-electron chi connectivity index (χ2n) is 4.98. The van der Waals surface area contributed by atoms with Gasteiger partial charge in [0.1, 0.15) is 5.75 Å². The van der Waals surface area contributed by atoms with Crippen molar-refractivity contribution in [2.45, 2.75) is 58.3 Å². The van der Waals surface area contributed by atoms with Crippen LogP contribution in [-0.2, 0) is 6.42 Å². The molecule has 0 fully saturated rings. The third kappa shape index (κ3) is 5.33. The summed E-state index contributed by atoms with van der Waals surface area (Å²) in [6, 6.07) is 4.69. The summed E-state index contributed by atoms with van der Waals surface area (Å²) in [6.45, 7) is 2.20. The summed E-state index contributed by atoms with van der Waals surface area (Å²) in [4.78, 5) is 11.1. The molecule has 0 heterocycles. The lowest BCUT2D eigenvalue weighted by atomic mass is 9.99. The van der Waals surface area contributed by atoms with Crippen molar-refractivity contribution in [2.75, 3.05) is 0 Å². The Morgan fingerprint density at radius 1 is 1.05 bits per heavy atom. The molecule has 0 aliphatic heterocycles. The summed E-state index contributed by atoms with van der Waals surface area (Å²) in [5.74, 6) is -0.861. The minimum atomic E-state index is -0.964. The van der Waals surface area contributed by atoms with Crippen LogP contribution in [0.25, 0.3) is 0 Å². The Bertz CT molecular complexity index is 399. The number of rotatable bonds is 9. The summed E-state index contributed by atoms with van der Waals surface area (Å²) in [5.41, 5.74) is 0.801. The molecule has 2 N–H and O–H groups in total. The first-order valence-electron chi connectivity index (χ1n) is 7.21. The van der Waals surface area contributed by atoms with E-state index < -0.39 is 5.97 Å². The van der Waals surface area contributed by atoms with Crippen molar-refractivity contribution in [3.8, 4) is 5.75 Å². The quantitative estimate of drug-likeness (QED) is 0.650. The number of unbranched alkanes of at least 4 members (excludes halogenated alkanes) is 6. The number of benzene rings is 1. The van der Waals surface area contributed by atoms with E-state index in [0.29, 0.717) is 12.0 Å². The van der Waals surface area contributed by atoms with E-state index >= 15 is 0 Å². The van der Waals surface area contributed by atoms with Crippen LogP contribution in [0.4, 0.5) is 0 Å². The molecular weight excluding hydrogens is 240 g/mol. The van der Waals surface area contributed by atoms with E-state index in [2.05, 4.69) is 6.92 Å². The van der Waals surface area contributed by atoms with Crippen molar-refractivity contribution in [2.24, 2.45) is 0 Å². The number of hydrogen-bond donors (Lipinski definition) is 2. The Kier molecular flexibility index (Phi) is 7.01. The Labute approximate surface area is 115 Å². The molecule has 0 unspecified atom stereocenters. The summed E-state index contributed by atoms with van der Waals surface area (Å²) < 4.78 is 0. The number of phenols is 1. The highest BCUT2D eigenvalue weighted by Gasteiger charge is 2.12. The summed E-state index contributed by atoms with van der Waals surface area (Å²) >= 11 is 0. The molecular formula is C16H24O3. The Hall–Kier alpha value is -1.51. The van der Waals surface area contributed by atoms with Crippen molar-refractivity contribution in [3.05, 3.63) is 29.3 Å². The van der Waals surface area contributed by atoms with E-state index in [-0.39, 0.29) is 11.3 Å². The first-order chi connectivity index (χ1) is 9.16. The molecule has 1 aromatic carbocycles. The van der Waals surface area contributed by atoms with Gasteiger partial charge in [-0.15, -0.1) is 0 Å². The van der Waals surface area contributed by atoms with Gasteiger partial charge < -0.3 is 10.2 Å². The molecule has 0 radical (unpaired) electrons. The molecule has 0 saturated carbocycles. The average molecular weight is 264 g/mol. The zero-order valence-corrected chi connectivity index (χ0v) is 11.7. The maximum Gasteiger partial charge on any atom is 0.336 e. The predicted molar refractivity (Wildman–Crippen MR) is 76.8 cm³/mol. The van der Waals surface area contributed by atoms with Gasteiger partial charge in [-0.2, -0.15) is 0 Å². The Balaban J connectivity index is 2.38. The number of aromatic carboxylic acids is 1. The van der Waals surface area contributed by atoms with E-state index in [9.17, 15) is 9.90 Å². The highest BCUT2D eigenvalue weighted by molar-refractivity contribution is 5.90. The standard InChI is InChI=1S/C16H24O3/c1-2-3-4-5-6-7-8-10-13-14(16(18)19)11-9-12-15(13)17/h9,11-12,17H,2-8,10H2,1H3,(H,18,19). The molecule has 0 aromatic heterocycles. The topological polar surface area (TPSA) is 57.5 Å². The van der Waals surface area contributed by atoms with E-state index in [0.717, 1.165) is 12.8 Å². The summed E-state index contributed by atoms with van der Waals surface area (Å²) in [6.07, 6.45) is 8.94. The Morgan fingerprint density at radius 2 is 1.68 bits per heavy atom. The summed E-state index contributed by atoms with van der Waals surface area (Å²) in [7, 11) is 0. The first-order valence-corrected chi connectivity index (χ1v) is 7.21. The van der Waals surface area contributed by atoms with Crippen LogP contribution in [-0.4, -0.2) is 16.2 Å². The minimum absolute atomic E-state index is 0.103. The maximum atomic E-state index is 11.1. The van der Waals surface area contributed by atoms with Gasteiger partial charge in [-0.1, -0.05) is 51.5 Å². The van der Waals surface area contributed by atoms with Gasteiger partial charge in [0.2, 0.25) is 0 Å². The average Bonchev–Trinajstić information content (AvgIpc) is 2.39. The highest BCUT2D eigenvalue weighted by atomic mass is 16.4. The second kappa shape index (κ2) is 8.57. The SMILES string of the molecule is CCCCCCCCCc1c(O)cccc1C(=O)O. The highest BCUT2D eigenvalue weighted by Crippen LogP contribution is 2.23. The van der Waals surface area contributed by atoms with Gasteiger partial charge >= 0.3 is 5.97 Å². The molecule has 0 atom stereocenters. The van der Waals surface area contributed by atoms with Crippen LogP contribution >= 0.6 is 0 Å². The van der Waals surface area contributed by atoms with E-state index in [1.807, 2.05) is 0 Å². The van der Waals surface area contributed by atoms with E-state index in [1.54, 1.807) is 18.2 Å². The third-order valence-corrected chi connectivity index (χ3v) is 3.41. The molecule has 0 bridgehead atoms. The van der Waals surface area contributed by atoms with Gasteiger partial charge in [-0.05, 0) is 25.0 Å². The number of phenolic OH excluding ortho intramolecular Hbond substituents is 1.